The number of imidazole rings is 1. The van der Waals surface area contributed by atoms with Gasteiger partial charge in [0.25, 0.3) is 0 Å². The average molecular weight is 373 g/mol. The first kappa shape index (κ1) is 15.3. The molecule has 0 radical (unpaired) electrons. The number of aromatic nitrogens is 2. The highest BCUT2D eigenvalue weighted by Gasteiger charge is 2.14. The van der Waals surface area contributed by atoms with E-state index in [0.29, 0.717) is 26.9 Å². The summed E-state index contributed by atoms with van der Waals surface area (Å²) in [6.07, 6.45) is 5.07. The molecule has 1 aromatic heterocycles. The van der Waals surface area contributed by atoms with Gasteiger partial charge in [-0.3, -0.25) is 0 Å². The number of benzene rings is 2. The fourth-order valence-electron chi connectivity index (χ4n) is 2.13. The van der Waals surface area contributed by atoms with Crippen LogP contribution in [0.3, 0.4) is 0 Å². The van der Waals surface area contributed by atoms with Crippen molar-refractivity contribution in [1.82, 2.24) is 9.97 Å². The van der Waals surface area contributed by atoms with Crippen LogP contribution in [0.5, 0.6) is 0 Å². The normalized spacial score (nSPS) is 10.5. The van der Waals surface area contributed by atoms with Crippen LogP contribution in [0.15, 0.2) is 40.9 Å². The van der Waals surface area contributed by atoms with Crippen molar-refractivity contribution < 1.29 is 13.9 Å². The average Bonchev–Trinajstić information content (AvgIpc) is 2.98. The van der Waals surface area contributed by atoms with Gasteiger partial charge in [0.05, 0.1) is 11.1 Å². The highest BCUT2D eigenvalue weighted by molar-refractivity contribution is 9.10. The molecule has 0 aliphatic heterocycles. The Balaban J connectivity index is 2.02. The van der Waals surface area contributed by atoms with Crippen LogP contribution in [0.25, 0.3) is 22.4 Å². The Kier molecular flexibility index (Phi) is 4.13. The second kappa shape index (κ2) is 6.23. The van der Waals surface area contributed by atoms with E-state index < -0.39 is 5.97 Å². The summed E-state index contributed by atoms with van der Waals surface area (Å²) in [5, 5.41) is 0. The molecule has 0 amide bonds. The molecule has 0 unspecified atom stereocenters. The van der Waals surface area contributed by atoms with Gasteiger partial charge >= 0.3 is 5.97 Å². The van der Waals surface area contributed by atoms with Crippen molar-refractivity contribution in [2.24, 2.45) is 0 Å². The quantitative estimate of drug-likeness (QED) is 0.559. The first-order valence-electron chi connectivity index (χ1n) is 6.64. The number of H-pyrrole nitrogens is 1. The molecule has 0 saturated carbocycles. The summed E-state index contributed by atoms with van der Waals surface area (Å²) in [5.41, 5.74) is 2.42. The standard InChI is InChI=1S/C17H10BrFN2O2/c1-2-7-23-17(22)11-8-13(18)15-14(9-11)20-16(21-15)10-3-5-12(19)6-4-10/h1,3-6,8-9H,7H2,(H,20,21). The van der Waals surface area contributed by atoms with Gasteiger partial charge in [0.1, 0.15) is 17.2 Å². The van der Waals surface area contributed by atoms with Crippen LogP contribution < -0.4 is 0 Å². The SMILES string of the molecule is C#CCOC(=O)c1cc(Br)c2nc(-c3ccc(F)cc3)[nH]c2c1. The van der Waals surface area contributed by atoms with Crippen molar-refractivity contribution in [3.05, 3.63) is 52.3 Å². The highest BCUT2D eigenvalue weighted by atomic mass is 79.9. The maximum Gasteiger partial charge on any atom is 0.339 e. The molecule has 6 heteroatoms. The fourth-order valence-corrected chi connectivity index (χ4v) is 2.68. The molecule has 1 heterocycles. The number of carbonyl (C=O) groups excluding carboxylic acids is 1. The van der Waals surface area contributed by atoms with Crippen LogP contribution in [-0.2, 0) is 4.74 Å². The van der Waals surface area contributed by atoms with Crippen LogP contribution in [-0.4, -0.2) is 22.5 Å². The number of nitrogens with zero attached hydrogens (tertiary/aromatic N) is 1. The van der Waals surface area contributed by atoms with E-state index >= 15 is 0 Å². The van der Waals surface area contributed by atoms with Gasteiger partial charge in [-0.2, -0.15) is 0 Å². The van der Waals surface area contributed by atoms with Gasteiger partial charge in [-0.05, 0) is 52.3 Å². The van der Waals surface area contributed by atoms with Crippen molar-refractivity contribution in [2.45, 2.75) is 0 Å². The summed E-state index contributed by atoms with van der Waals surface area (Å²) in [4.78, 5) is 19.5. The molecule has 0 aliphatic rings. The van der Waals surface area contributed by atoms with Crippen molar-refractivity contribution in [2.75, 3.05) is 6.61 Å². The third-order valence-corrected chi connectivity index (χ3v) is 3.78. The van der Waals surface area contributed by atoms with Gasteiger partial charge in [-0.15, -0.1) is 6.42 Å². The number of nitrogens with one attached hydrogen (secondary N) is 1. The Morgan fingerprint density at radius 3 is 2.78 bits per heavy atom. The third-order valence-electron chi connectivity index (χ3n) is 3.18. The number of fused-ring (bicyclic) bond motifs is 1. The molecular formula is C17H10BrFN2O2. The van der Waals surface area contributed by atoms with Crippen molar-refractivity contribution in [1.29, 1.82) is 0 Å². The zero-order valence-electron chi connectivity index (χ0n) is 11.8. The summed E-state index contributed by atoms with van der Waals surface area (Å²) in [7, 11) is 0. The third kappa shape index (κ3) is 3.10. The highest BCUT2D eigenvalue weighted by Crippen LogP contribution is 2.28. The number of hydrogen-bond acceptors (Lipinski definition) is 3. The number of rotatable bonds is 3. The summed E-state index contributed by atoms with van der Waals surface area (Å²) < 4.78 is 18.6. The lowest BCUT2D eigenvalue weighted by molar-refractivity contribution is 0.0557. The topological polar surface area (TPSA) is 55.0 Å². The van der Waals surface area contributed by atoms with Crippen molar-refractivity contribution >= 4 is 32.9 Å². The van der Waals surface area contributed by atoms with Crippen LogP contribution in [0.1, 0.15) is 10.4 Å². The molecule has 1 N–H and O–H groups in total. The number of hydrogen-bond donors (Lipinski definition) is 1. The van der Waals surface area contributed by atoms with E-state index in [1.807, 2.05) is 0 Å². The minimum Gasteiger partial charge on any atom is -0.449 e. The van der Waals surface area contributed by atoms with Crippen LogP contribution >= 0.6 is 15.9 Å². The molecule has 0 aliphatic carbocycles. The molecular weight excluding hydrogens is 363 g/mol. The Bertz CT molecular complexity index is 926. The molecule has 2 aromatic carbocycles. The Labute approximate surface area is 139 Å². The number of carbonyl (C=O) groups is 1. The molecule has 0 spiro atoms. The minimum absolute atomic E-state index is 0.0850. The summed E-state index contributed by atoms with van der Waals surface area (Å²) in [5.74, 6) is 2.00. The van der Waals surface area contributed by atoms with Gasteiger partial charge in [0.2, 0.25) is 0 Å². The molecule has 0 bridgehead atoms. The van der Waals surface area contributed by atoms with Gasteiger partial charge in [-0.1, -0.05) is 5.92 Å². The van der Waals surface area contributed by atoms with E-state index in [2.05, 4.69) is 31.8 Å². The predicted molar refractivity (Wildman–Crippen MR) is 88.3 cm³/mol. The molecule has 3 rings (SSSR count). The molecule has 4 nitrogen and oxygen atoms in total. The van der Waals surface area contributed by atoms with Crippen molar-refractivity contribution in [3.8, 4) is 23.7 Å². The van der Waals surface area contributed by atoms with Gasteiger partial charge in [-0.25, -0.2) is 14.2 Å². The second-order valence-corrected chi connectivity index (χ2v) is 5.58. The van der Waals surface area contributed by atoms with E-state index in [4.69, 9.17) is 11.2 Å². The molecule has 0 saturated heterocycles. The molecule has 0 atom stereocenters. The largest absolute Gasteiger partial charge is 0.449 e. The maximum absolute atomic E-state index is 13.0. The molecule has 0 fully saturated rings. The Hall–Kier alpha value is -2.65. The number of halogens is 2. The lowest BCUT2D eigenvalue weighted by Gasteiger charge is -2.02. The van der Waals surface area contributed by atoms with E-state index in [9.17, 15) is 9.18 Å². The van der Waals surface area contributed by atoms with E-state index in [1.54, 1.807) is 24.3 Å². The maximum atomic E-state index is 13.0. The van der Waals surface area contributed by atoms with E-state index in [1.165, 1.54) is 12.1 Å². The monoisotopic (exact) mass is 372 g/mol. The fraction of sp³-hybridized carbons (Fsp3) is 0.0588. The van der Waals surface area contributed by atoms with Gasteiger partial charge in [0, 0.05) is 10.0 Å². The van der Waals surface area contributed by atoms with Crippen molar-refractivity contribution in [3.63, 3.8) is 0 Å². The zero-order valence-corrected chi connectivity index (χ0v) is 13.4. The van der Waals surface area contributed by atoms with E-state index in [0.717, 1.165) is 5.56 Å². The van der Waals surface area contributed by atoms with Gasteiger partial charge < -0.3 is 9.72 Å². The summed E-state index contributed by atoms with van der Waals surface area (Å²) in [6.45, 7) is -0.0850. The smallest absolute Gasteiger partial charge is 0.339 e. The number of ether oxygens (including phenoxy) is 1. The van der Waals surface area contributed by atoms with E-state index in [-0.39, 0.29) is 12.4 Å². The molecule has 23 heavy (non-hydrogen) atoms. The van der Waals surface area contributed by atoms with Crippen LogP contribution in [0, 0.1) is 18.2 Å². The lowest BCUT2D eigenvalue weighted by Crippen LogP contribution is -2.05. The van der Waals surface area contributed by atoms with Crippen LogP contribution in [0.4, 0.5) is 4.39 Å². The Morgan fingerprint density at radius 2 is 2.09 bits per heavy atom. The number of esters is 1. The first-order valence-corrected chi connectivity index (χ1v) is 7.43. The summed E-state index contributed by atoms with van der Waals surface area (Å²) >= 11 is 3.39. The molecule has 3 aromatic rings. The summed E-state index contributed by atoms with van der Waals surface area (Å²) in [6, 6.07) is 9.24. The first-order chi connectivity index (χ1) is 11.1. The number of terminal acetylenes is 1. The zero-order chi connectivity index (χ0) is 16.4. The Morgan fingerprint density at radius 1 is 1.35 bits per heavy atom. The minimum atomic E-state index is -0.511. The number of aromatic amines is 1. The second-order valence-electron chi connectivity index (χ2n) is 4.73. The van der Waals surface area contributed by atoms with Crippen LogP contribution in [0.2, 0.25) is 0 Å². The predicted octanol–water partition coefficient (Wildman–Crippen LogP) is 3.92. The van der Waals surface area contributed by atoms with Gasteiger partial charge in [0.15, 0.2) is 6.61 Å². The lowest BCUT2D eigenvalue weighted by atomic mass is 10.2. The molecule has 114 valence electrons.